The van der Waals surface area contributed by atoms with Crippen LogP contribution in [0, 0.1) is 5.92 Å². The summed E-state index contributed by atoms with van der Waals surface area (Å²) in [6.45, 7) is 8.57. The van der Waals surface area contributed by atoms with Gasteiger partial charge in [0.05, 0.1) is 0 Å². The van der Waals surface area contributed by atoms with E-state index in [1.54, 1.807) is 0 Å². The van der Waals surface area contributed by atoms with Crippen LogP contribution in [0.15, 0.2) is 0 Å². The van der Waals surface area contributed by atoms with Crippen LogP contribution in [0.2, 0.25) is 0 Å². The normalized spacial score (nSPS) is 35.5. The molecular weight excluding hydrogens is 240 g/mol. The Kier molecular flexibility index (Phi) is 3.63. The molecule has 1 aliphatic heterocycles. The van der Waals surface area contributed by atoms with Gasteiger partial charge in [0.2, 0.25) is 11.8 Å². The number of unbranched alkanes of at least 4 members (excludes halogenated alkanes) is 1. The highest BCUT2D eigenvalue weighted by molar-refractivity contribution is 6.02. The Morgan fingerprint density at radius 1 is 1.26 bits per heavy atom. The first-order valence-corrected chi connectivity index (χ1v) is 7.54. The minimum Gasteiger partial charge on any atom is -0.340 e. The van der Waals surface area contributed by atoms with Gasteiger partial charge in [0, 0.05) is 6.54 Å². The Bertz CT molecular complexity index is 392. The second-order valence-corrected chi connectivity index (χ2v) is 6.37. The maximum Gasteiger partial charge on any atom is 0.249 e. The van der Waals surface area contributed by atoms with Crippen molar-refractivity contribution in [2.45, 2.75) is 70.9 Å². The van der Waals surface area contributed by atoms with Gasteiger partial charge in [-0.2, -0.15) is 0 Å². The van der Waals surface area contributed by atoms with Gasteiger partial charge in [-0.05, 0) is 45.4 Å². The van der Waals surface area contributed by atoms with E-state index in [-0.39, 0.29) is 11.8 Å². The van der Waals surface area contributed by atoms with Gasteiger partial charge in [-0.25, -0.2) is 0 Å². The van der Waals surface area contributed by atoms with Crippen LogP contribution >= 0.6 is 0 Å². The van der Waals surface area contributed by atoms with Gasteiger partial charge in [0.15, 0.2) is 0 Å². The Labute approximate surface area is 115 Å². The molecule has 2 unspecified atom stereocenters. The number of hydrogen-bond donors (Lipinski definition) is 1. The number of rotatable bonds is 5. The van der Waals surface area contributed by atoms with Crippen LogP contribution in [0.4, 0.5) is 0 Å². The predicted octanol–water partition coefficient (Wildman–Crippen LogP) is 2.08. The molecule has 2 fully saturated rings. The SMILES string of the molecule is CCCCN1C(=O)C(C)(C2CC2)NC(=O)C1(C)CC. The highest BCUT2D eigenvalue weighted by atomic mass is 16.2. The molecule has 0 radical (unpaired) electrons. The Morgan fingerprint density at radius 3 is 2.37 bits per heavy atom. The molecule has 1 heterocycles. The average molecular weight is 266 g/mol. The third kappa shape index (κ3) is 2.15. The Hall–Kier alpha value is -1.06. The molecule has 108 valence electrons. The number of carbonyl (C=O) groups excluding carboxylic acids is 2. The number of amides is 2. The summed E-state index contributed by atoms with van der Waals surface area (Å²) in [5, 5.41) is 3.02. The van der Waals surface area contributed by atoms with Crippen molar-refractivity contribution in [1.29, 1.82) is 0 Å². The summed E-state index contributed by atoms with van der Waals surface area (Å²) in [6.07, 6.45) is 4.75. The third-order valence-electron chi connectivity index (χ3n) is 4.97. The molecule has 1 saturated carbocycles. The van der Waals surface area contributed by atoms with Gasteiger partial charge in [-0.3, -0.25) is 9.59 Å². The largest absolute Gasteiger partial charge is 0.340 e. The van der Waals surface area contributed by atoms with E-state index in [9.17, 15) is 9.59 Å². The van der Waals surface area contributed by atoms with Crippen molar-refractivity contribution in [2.75, 3.05) is 6.54 Å². The molecule has 1 N–H and O–H groups in total. The number of nitrogens with one attached hydrogen (secondary N) is 1. The maximum atomic E-state index is 12.9. The summed E-state index contributed by atoms with van der Waals surface area (Å²) in [6, 6.07) is 0. The lowest BCUT2D eigenvalue weighted by Crippen LogP contribution is -2.74. The molecule has 2 rings (SSSR count). The first-order chi connectivity index (χ1) is 8.90. The fourth-order valence-electron chi connectivity index (χ4n) is 3.00. The molecule has 19 heavy (non-hydrogen) atoms. The van der Waals surface area contributed by atoms with Crippen molar-refractivity contribution in [3.63, 3.8) is 0 Å². The average Bonchev–Trinajstić information content (AvgIpc) is 3.21. The highest BCUT2D eigenvalue weighted by Crippen LogP contribution is 2.44. The molecule has 0 aromatic heterocycles. The summed E-state index contributed by atoms with van der Waals surface area (Å²) in [5.41, 5.74) is -1.35. The van der Waals surface area contributed by atoms with Crippen molar-refractivity contribution in [1.82, 2.24) is 10.2 Å². The van der Waals surface area contributed by atoms with Gasteiger partial charge in [0.1, 0.15) is 11.1 Å². The zero-order valence-electron chi connectivity index (χ0n) is 12.6. The number of nitrogens with zero attached hydrogens (tertiary/aromatic N) is 1. The summed E-state index contributed by atoms with van der Waals surface area (Å²) in [5.74, 6) is 0.460. The van der Waals surface area contributed by atoms with E-state index in [4.69, 9.17) is 0 Å². The Morgan fingerprint density at radius 2 is 1.89 bits per heavy atom. The number of hydrogen-bond acceptors (Lipinski definition) is 2. The molecule has 4 nitrogen and oxygen atoms in total. The predicted molar refractivity (Wildman–Crippen MR) is 74.6 cm³/mol. The number of carbonyl (C=O) groups is 2. The summed E-state index contributed by atoms with van der Waals surface area (Å²) < 4.78 is 0. The molecule has 2 amide bonds. The molecule has 0 bridgehead atoms. The topological polar surface area (TPSA) is 49.4 Å². The van der Waals surface area contributed by atoms with Crippen LogP contribution in [-0.4, -0.2) is 34.3 Å². The number of piperazine rings is 1. The van der Waals surface area contributed by atoms with E-state index in [1.165, 1.54) is 0 Å². The van der Waals surface area contributed by atoms with Crippen molar-refractivity contribution in [3.05, 3.63) is 0 Å². The first kappa shape index (κ1) is 14.4. The lowest BCUT2D eigenvalue weighted by atomic mass is 9.82. The standard InChI is InChI=1S/C15H26N2O2/c1-5-7-10-17-13(19)15(4,11-8-9-11)16-12(18)14(17,3)6-2/h11H,5-10H2,1-4H3,(H,16,18). The van der Waals surface area contributed by atoms with E-state index in [1.807, 2.05) is 25.7 Å². The minimum absolute atomic E-state index is 0.0140. The molecular formula is C15H26N2O2. The van der Waals surface area contributed by atoms with Gasteiger partial charge in [-0.15, -0.1) is 0 Å². The molecule has 0 aromatic rings. The zero-order valence-corrected chi connectivity index (χ0v) is 12.6. The van der Waals surface area contributed by atoms with Crippen LogP contribution in [0.5, 0.6) is 0 Å². The van der Waals surface area contributed by atoms with Gasteiger partial charge >= 0.3 is 0 Å². The van der Waals surface area contributed by atoms with Crippen molar-refractivity contribution >= 4 is 11.8 Å². The molecule has 1 saturated heterocycles. The minimum atomic E-state index is -0.680. The van der Waals surface area contributed by atoms with Crippen molar-refractivity contribution < 1.29 is 9.59 Å². The van der Waals surface area contributed by atoms with E-state index in [0.29, 0.717) is 18.9 Å². The van der Waals surface area contributed by atoms with Gasteiger partial charge in [0.25, 0.3) is 0 Å². The van der Waals surface area contributed by atoms with Crippen LogP contribution in [0.1, 0.15) is 59.8 Å². The van der Waals surface area contributed by atoms with Crippen molar-refractivity contribution in [3.8, 4) is 0 Å². The van der Waals surface area contributed by atoms with E-state index < -0.39 is 11.1 Å². The lowest BCUT2D eigenvalue weighted by molar-refractivity contribution is -0.162. The lowest BCUT2D eigenvalue weighted by Gasteiger charge is -2.50. The van der Waals surface area contributed by atoms with Crippen LogP contribution in [0.3, 0.4) is 0 Å². The quantitative estimate of drug-likeness (QED) is 0.828. The fraction of sp³-hybridized carbons (Fsp3) is 0.867. The van der Waals surface area contributed by atoms with Crippen LogP contribution in [-0.2, 0) is 9.59 Å². The van der Waals surface area contributed by atoms with E-state index in [0.717, 1.165) is 25.7 Å². The van der Waals surface area contributed by atoms with E-state index in [2.05, 4.69) is 12.2 Å². The maximum absolute atomic E-state index is 12.9. The molecule has 0 spiro atoms. The van der Waals surface area contributed by atoms with E-state index >= 15 is 0 Å². The van der Waals surface area contributed by atoms with Gasteiger partial charge < -0.3 is 10.2 Å². The summed E-state index contributed by atoms with van der Waals surface area (Å²) >= 11 is 0. The second kappa shape index (κ2) is 4.80. The summed E-state index contributed by atoms with van der Waals surface area (Å²) in [7, 11) is 0. The highest BCUT2D eigenvalue weighted by Gasteiger charge is 2.58. The smallest absolute Gasteiger partial charge is 0.249 e. The molecule has 0 aromatic carbocycles. The Balaban J connectivity index is 2.30. The third-order valence-corrected chi connectivity index (χ3v) is 4.97. The summed E-state index contributed by atoms with van der Waals surface area (Å²) in [4.78, 5) is 27.2. The molecule has 1 aliphatic carbocycles. The fourth-order valence-corrected chi connectivity index (χ4v) is 3.00. The van der Waals surface area contributed by atoms with Crippen molar-refractivity contribution in [2.24, 2.45) is 5.92 Å². The monoisotopic (exact) mass is 266 g/mol. The molecule has 2 aliphatic rings. The molecule has 4 heteroatoms. The van der Waals surface area contributed by atoms with Crippen LogP contribution < -0.4 is 5.32 Å². The zero-order chi connectivity index (χ0) is 14.3. The molecule has 2 atom stereocenters. The van der Waals surface area contributed by atoms with Crippen LogP contribution in [0.25, 0.3) is 0 Å². The second-order valence-electron chi connectivity index (χ2n) is 6.37. The first-order valence-electron chi connectivity index (χ1n) is 7.54. The van der Waals surface area contributed by atoms with Gasteiger partial charge in [-0.1, -0.05) is 20.3 Å².